The molecule has 0 bridgehead atoms. The molecule has 0 unspecified atom stereocenters. The highest BCUT2D eigenvalue weighted by atomic mass is 32.2. The van der Waals surface area contributed by atoms with Crippen LogP contribution in [0.15, 0.2) is 53.4 Å². The minimum absolute atomic E-state index is 0.293. The Bertz CT molecular complexity index is 789. The number of carbonyl (C=O) groups is 1. The third kappa shape index (κ3) is 4.51. The minimum atomic E-state index is -3.37. The van der Waals surface area contributed by atoms with E-state index in [0.717, 1.165) is 16.8 Å². The monoisotopic (exact) mass is 336 g/mol. The van der Waals surface area contributed by atoms with E-state index < -0.39 is 10.0 Å². The molecule has 1 amide bonds. The van der Waals surface area contributed by atoms with Crippen molar-refractivity contribution < 1.29 is 13.2 Å². The standard InChI is InChI=1S/C15H16N2O3S2/c1-21-14-9-4-3-8-13(14)16-15(18)11-6-5-7-12(10-11)17-22(2,19)20/h3-10,17H,1-2H3,(H,16,18). The first-order chi connectivity index (χ1) is 10.4. The molecule has 0 aliphatic carbocycles. The lowest BCUT2D eigenvalue weighted by Crippen LogP contribution is -2.14. The Morgan fingerprint density at radius 2 is 1.82 bits per heavy atom. The molecule has 0 saturated carbocycles. The smallest absolute Gasteiger partial charge is 0.255 e. The Labute approximate surface area is 134 Å². The first kappa shape index (κ1) is 16.4. The first-order valence-corrected chi connectivity index (χ1v) is 9.53. The summed E-state index contributed by atoms with van der Waals surface area (Å²) in [5, 5.41) is 2.83. The molecule has 0 fully saturated rings. The summed E-state index contributed by atoms with van der Waals surface area (Å²) in [4.78, 5) is 13.3. The molecular weight excluding hydrogens is 320 g/mol. The van der Waals surface area contributed by atoms with E-state index in [1.54, 1.807) is 18.2 Å². The molecule has 0 saturated heterocycles. The van der Waals surface area contributed by atoms with Crippen LogP contribution in [0.5, 0.6) is 0 Å². The van der Waals surface area contributed by atoms with E-state index >= 15 is 0 Å². The van der Waals surface area contributed by atoms with Crippen LogP contribution in [-0.2, 0) is 10.0 Å². The molecule has 0 atom stereocenters. The zero-order chi connectivity index (χ0) is 16.2. The van der Waals surface area contributed by atoms with Crippen LogP contribution >= 0.6 is 11.8 Å². The maximum atomic E-state index is 12.3. The Morgan fingerprint density at radius 1 is 1.09 bits per heavy atom. The lowest BCUT2D eigenvalue weighted by molar-refractivity contribution is 0.102. The quantitative estimate of drug-likeness (QED) is 0.823. The second-order valence-electron chi connectivity index (χ2n) is 4.61. The van der Waals surface area contributed by atoms with Gasteiger partial charge in [-0.3, -0.25) is 9.52 Å². The number of carbonyl (C=O) groups excluding carboxylic acids is 1. The number of rotatable bonds is 5. The minimum Gasteiger partial charge on any atom is -0.321 e. The van der Waals surface area contributed by atoms with Crippen molar-refractivity contribution in [3.63, 3.8) is 0 Å². The van der Waals surface area contributed by atoms with Crippen LogP contribution in [0.2, 0.25) is 0 Å². The molecular formula is C15H16N2O3S2. The van der Waals surface area contributed by atoms with E-state index in [0.29, 0.717) is 11.3 Å². The largest absolute Gasteiger partial charge is 0.321 e. The molecule has 7 heteroatoms. The van der Waals surface area contributed by atoms with Crippen LogP contribution in [0.4, 0.5) is 11.4 Å². The van der Waals surface area contributed by atoms with E-state index in [9.17, 15) is 13.2 Å². The number of thioether (sulfide) groups is 1. The normalized spacial score (nSPS) is 11.0. The Kier molecular flexibility index (Phi) is 5.10. The van der Waals surface area contributed by atoms with Gasteiger partial charge in [0.05, 0.1) is 11.9 Å². The number of anilines is 2. The SMILES string of the molecule is CSc1ccccc1NC(=O)c1cccc(NS(C)(=O)=O)c1. The van der Waals surface area contributed by atoms with Gasteiger partial charge in [0.15, 0.2) is 0 Å². The van der Waals surface area contributed by atoms with Crippen LogP contribution in [0.1, 0.15) is 10.4 Å². The number of nitrogens with one attached hydrogen (secondary N) is 2. The molecule has 0 radical (unpaired) electrons. The van der Waals surface area contributed by atoms with Crippen LogP contribution < -0.4 is 10.0 Å². The van der Waals surface area contributed by atoms with Gasteiger partial charge in [0.2, 0.25) is 10.0 Å². The Morgan fingerprint density at radius 3 is 2.50 bits per heavy atom. The van der Waals surface area contributed by atoms with Gasteiger partial charge in [-0.1, -0.05) is 18.2 Å². The third-order valence-corrected chi connectivity index (χ3v) is 4.19. The van der Waals surface area contributed by atoms with E-state index in [1.165, 1.54) is 17.8 Å². The highest BCUT2D eigenvalue weighted by Gasteiger charge is 2.10. The predicted octanol–water partition coefficient (Wildman–Crippen LogP) is 3.03. The molecule has 2 N–H and O–H groups in total. The zero-order valence-corrected chi connectivity index (χ0v) is 13.8. The van der Waals surface area contributed by atoms with Gasteiger partial charge in [-0.05, 0) is 36.6 Å². The summed E-state index contributed by atoms with van der Waals surface area (Å²) in [5.41, 5.74) is 1.46. The van der Waals surface area contributed by atoms with E-state index in [1.807, 2.05) is 30.5 Å². The van der Waals surface area contributed by atoms with Crippen molar-refractivity contribution in [2.75, 3.05) is 22.6 Å². The van der Waals surface area contributed by atoms with Crippen molar-refractivity contribution in [3.05, 3.63) is 54.1 Å². The van der Waals surface area contributed by atoms with E-state index in [4.69, 9.17) is 0 Å². The number of sulfonamides is 1. The second-order valence-corrected chi connectivity index (χ2v) is 7.21. The molecule has 2 aromatic rings. The van der Waals surface area contributed by atoms with Gasteiger partial charge in [-0.25, -0.2) is 8.42 Å². The number of amides is 1. The summed E-state index contributed by atoms with van der Waals surface area (Å²) in [6, 6.07) is 13.8. The van der Waals surface area contributed by atoms with Gasteiger partial charge in [0.1, 0.15) is 0 Å². The van der Waals surface area contributed by atoms with Crippen molar-refractivity contribution in [3.8, 4) is 0 Å². The van der Waals surface area contributed by atoms with E-state index in [-0.39, 0.29) is 5.91 Å². The number of para-hydroxylation sites is 1. The number of benzene rings is 2. The molecule has 0 heterocycles. The highest BCUT2D eigenvalue weighted by molar-refractivity contribution is 7.98. The van der Waals surface area contributed by atoms with Gasteiger partial charge in [0, 0.05) is 16.1 Å². The van der Waals surface area contributed by atoms with Gasteiger partial charge in [-0.2, -0.15) is 0 Å². The maximum Gasteiger partial charge on any atom is 0.255 e. The molecule has 5 nitrogen and oxygen atoms in total. The van der Waals surface area contributed by atoms with Crippen molar-refractivity contribution >= 4 is 39.1 Å². The Hall–Kier alpha value is -1.99. The van der Waals surface area contributed by atoms with Crippen LogP contribution in [-0.4, -0.2) is 26.8 Å². The molecule has 0 spiro atoms. The topological polar surface area (TPSA) is 75.3 Å². The van der Waals surface area contributed by atoms with Crippen LogP contribution in [0.3, 0.4) is 0 Å². The summed E-state index contributed by atoms with van der Waals surface area (Å²) in [5.74, 6) is -0.293. The summed E-state index contributed by atoms with van der Waals surface area (Å²) >= 11 is 1.54. The molecule has 0 aliphatic rings. The second kappa shape index (κ2) is 6.85. The van der Waals surface area contributed by atoms with E-state index in [2.05, 4.69) is 10.0 Å². The molecule has 0 aliphatic heterocycles. The molecule has 2 rings (SSSR count). The summed E-state index contributed by atoms with van der Waals surface area (Å²) < 4.78 is 24.8. The van der Waals surface area contributed by atoms with Gasteiger partial charge < -0.3 is 5.32 Å². The molecule has 2 aromatic carbocycles. The van der Waals surface area contributed by atoms with Gasteiger partial charge in [0.25, 0.3) is 5.91 Å². The molecule has 22 heavy (non-hydrogen) atoms. The third-order valence-electron chi connectivity index (χ3n) is 2.78. The lowest BCUT2D eigenvalue weighted by Gasteiger charge is -2.10. The molecule has 0 aromatic heterocycles. The summed E-state index contributed by atoms with van der Waals surface area (Å²) in [6.07, 6.45) is 3.00. The van der Waals surface area contributed by atoms with Crippen LogP contribution in [0, 0.1) is 0 Å². The van der Waals surface area contributed by atoms with Crippen molar-refractivity contribution in [2.45, 2.75) is 4.90 Å². The zero-order valence-electron chi connectivity index (χ0n) is 12.2. The average Bonchev–Trinajstić information content (AvgIpc) is 2.46. The summed E-state index contributed by atoms with van der Waals surface area (Å²) in [6.45, 7) is 0. The van der Waals surface area contributed by atoms with Gasteiger partial charge in [-0.15, -0.1) is 11.8 Å². The van der Waals surface area contributed by atoms with Crippen molar-refractivity contribution in [1.82, 2.24) is 0 Å². The first-order valence-electron chi connectivity index (χ1n) is 6.41. The Balaban J connectivity index is 2.21. The lowest BCUT2D eigenvalue weighted by atomic mass is 10.2. The fourth-order valence-corrected chi connectivity index (χ4v) is 2.99. The van der Waals surface area contributed by atoms with Crippen molar-refractivity contribution in [1.29, 1.82) is 0 Å². The van der Waals surface area contributed by atoms with Crippen LogP contribution in [0.25, 0.3) is 0 Å². The maximum absolute atomic E-state index is 12.3. The predicted molar refractivity (Wildman–Crippen MR) is 91.1 cm³/mol. The summed E-state index contributed by atoms with van der Waals surface area (Å²) in [7, 11) is -3.37. The van der Waals surface area contributed by atoms with Crippen molar-refractivity contribution in [2.24, 2.45) is 0 Å². The molecule has 116 valence electrons. The number of hydrogen-bond acceptors (Lipinski definition) is 4. The van der Waals surface area contributed by atoms with Gasteiger partial charge >= 0.3 is 0 Å². The number of hydrogen-bond donors (Lipinski definition) is 2. The highest BCUT2D eigenvalue weighted by Crippen LogP contribution is 2.25. The average molecular weight is 336 g/mol. The fourth-order valence-electron chi connectivity index (χ4n) is 1.88. The fraction of sp³-hybridized carbons (Fsp3) is 0.133.